The number of allylic oxidation sites excluding steroid dienone is 2. The summed E-state index contributed by atoms with van der Waals surface area (Å²) in [5.74, 6) is -1.28. The van der Waals surface area contributed by atoms with Crippen molar-refractivity contribution in [3.8, 4) is 0 Å². The van der Waals surface area contributed by atoms with Crippen LogP contribution in [0.3, 0.4) is 0 Å². The molecule has 1 saturated heterocycles. The second-order valence-corrected chi connectivity index (χ2v) is 8.26. The van der Waals surface area contributed by atoms with Crippen LogP contribution in [-0.2, 0) is 19.0 Å². The van der Waals surface area contributed by atoms with Gasteiger partial charge in [0, 0.05) is 13.0 Å². The van der Waals surface area contributed by atoms with Gasteiger partial charge >= 0.3 is 6.09 Å². The number of rotatable bonds is 5. The molecule has 176 valence electrons. The van der Waals surface area contributed by atoms with Gasteiger partial charge in [-0.3, -0.25) is 10.1 Å². The molecule has 1 aliphatic heterocycles. The second kappa shape index (κ2) is 13.3. The molecule has 0 aromatic rings. The van der Waals surface area contributed by atoms with Crippen molar-refractivity contribution in [1.29, 1.82) is 0 Å². The highest BCUT2D eigenvalue weighted by atomic mass is 35.5. The van der Waals surface area contributed by atoms with Gasteiger partial charge in [0.05, 0.1) is 17.8 Å². The van der Waals surface area contributed by atoms with Crippen LogP contribution in [0.5, 0.6) is 0 Å². The molecule has 0 spiro atoms. The minimum Gasteiger partial charge on any atom is -0.443 e. The number of amides is 2. The molecule has 0 bridgehead atoms. The van der Waals surface area contributed by atoms with Crippen molar-refractivity contribution in [2.75, 3.05) is 19.6 Å². The van der Waals surface area contributed by atoms with E-state index in [4.69, 9.17) is 25.8 Å². The summed E-state index contributed by atoms with van der Waals surface area (Å²) >= 11 is 5.33. The molecular formula is C22H40ClNO6. The van der Waals surface area contributed by atoms with E-state index in [1.165, 1.54) is 19.1 Å². The third-order valence-electron chi connectivity index (χ3n) is 5.06. The number of alkyl halides is 1. The van der Waals surface area contributed by atoms with Gasteiger partial charge in [-0.2, -0.15) is 0 Å². The Morgan fingerprint density at radius 2 is 1.87 bits per heavy atom. The van der Waals surface area contributed by atoms with E-state index < -0.39 is 35.4 Å². The average molecular weight is 450 g/mol. The first kappa shape index (κ1) is 28.9. The van der Waals surface area contributed by atoms with Crippen LogP contribution in [0.1, 0.15) is 67.7 Å². The smallest absolute Gasteiger partial charge is 0.414 e. The predicted molar refractivity (Wildman–Crippen MR) is 119 cm³/mol. The van der Waals surface area contributed by atoms with E-state index in [1.54, 1.807) is 6.92 Å². The standard InChI is InChI=1S/C14H22ClNO6.C6H12.C2H6/c1-13(19)5-4-8(22-12(18)16-9(17)6-15)10(20-3)11(13)14(2)7-21-14;1-4-5-6(2)3;1-2/h8,10-11,19H,4-7H2,1-3H3,(H,16,17,18);5H,4H2,1-3H3;1-2H3/t8-,10-,11+,13-,14+;;/m1../s1. The van der Waals surface area contributed by atoms with E-state index in [1.807, 2.05) is 26.1 Å². The quantitative estimate of drug-likeness (QED) is 0.371. The molecule has 2 aliphatic rings. The van der Waals surface area contributed by atoms with Crippen LogP contribution in [-0.4, -0.2) is 60.1 Å². The van der Waals surface area contributed by atoms with Crippen LogP contribution in [0.4, 0.5) is 4.79 Å². The zero-order valence-corrected chi connectivity index (χ0v) is 20.5. The van der Waals surface area contributed by atoms with Crippen molar-refractivity contribution in [2.45, 2.75) is 91.1 Å². The van der Waals surface area contributed by atoms with Gasteiger partial charge in [0.25, 0.3) is 0 Å². The fraction of sp³-hybridized carbons (Fsp3) is 0.818. The van der Waals surface area contributed by atoms with Crippen molar-refractivity contribution in [1.82, 2.24) is 5.32 Å². The topological polar surface area (TPSA) is 97.4 Å². The number of halogens is 1. The summed E-state index contributed by atoms with van der Waals surface area (Å²) in [7, 11) is 1.50. The fourth-order valence-corrected chi connectivity index (χ4v) is 3.82. The van der Waals surface area contributed by atoms with E-state index in [9.17, 15) is 14.7 Å². The maximum atomic E-state index is 11.7. The van der Waals surface area contributed by atoms with E-state index in [0.29, 0.717) is 19.4 Å². The Kier molecular flexibility index (Phi) is 12.8. The van der Waals surface area contributed by atoms with Crippen LogP contribution < -0.4 is 5.32 Å². The summed E-state index contributed by atoms with van der Waals surface area (Å²) in [5, 5.41) is 12.7. The number of carbonyl (C=O) groups excluding carboxylic acids is 2. The predicted octanol–water partition coefficient (Wildman–Crippen LogP) is 4.20. The number of carbonyl (C=O) groups is 2. The fourth-order valence-electron chi connectivity index (χ4n) is 3.76. The second-order valence-electron chi connectivity index (χ2n) is 7.99. The summed E-state index contributed by atoms with van der Waals surface area (Å²) in [6.07, 6.45) is 2.30. The number of aliphatic hydroxyl groups is 1. The first-order valence-corrected chi connectivity index (χ1v) is 11.1. The molecule has 2 rings (SSSR count). The van der Waals surface area contributed by atoms with Gasteiger partial charge in [-0.05, 0) is 47.0 Å². The summed E-state index contributed by atoms with van der Waals surface area (Å²) in [5.41, 5.74) is -0.0550. The number of methoxy groups -OCH3 is 1. The Hall–Kier alpha value is -1.15. The molecular weight excluding hydrogens is 410 g/mol. The maximum absolute atomic E-state index is 11.7. The molecule has 2 amide bonds. The maximum Gasteiger partial charge on any atom is 0.414 e. The lowest BCUT2D eigenvalue weighted by atomic mass is 9.67. The number of epoxide rings is 1. The number of imide groups is 1. The van der Waals surface area contributed by atoms with Gasteiger partial charge in [0.2, 0.25) is 5.91 Å². The van der Waals surface area contributed by atoms with Crippen LogP contribution in [0.15, 0.2) is 11.6 Å². The van der Waals surface area contributed by atoms with Crippen molar-refractivity contribution in [3.63, 3.8) is 0 Å². The minimum absolute atomic E-state index is 0.323. The molecule has 30 heavy (non-hydrogen) atoms. The van der Waals surface area contributed by atoms with Crippen LogP contribution in [0.25, 0.3) is 0 Å². The molecule has 2 N–H and O–H groups in total. The van der Waals surface area contributed by atoms with Crippen LogP contribution in [0.2, 0.25) is 0 Å². The van der Waals surface area contributed by atoms with E-state index >= 15 is 0 Å². The molecule has 1 heterocycles. The highest BCUT2D eigenvalue weighted by Crippen LogP contribution is 2.49. The summed E-state index contributed by atoms with van der Waals surface area (Å²) in [6.45, 7) is 14.5. The first-order chi connectivity index (χ1) is 14.0. The molecule has 2 fully saturated rings. The highest BCUT2D eigenvalue weighted by Gasteiger charge is 2.61. The summed E-state index contributed by atoms with van der Waals surface area (Å²) in [6, 6.07) is 0. The van der Waals surface area contributed by atoms with Crippen molar-refractivity contribution >= 4 is 23.6 Å². The SMILES string of the molecule is CC.CCC=C(C)C.CO[C@@H]1[C@H](OC(=O)NC(=O)CCl)CC[C@@](C)(O)[C@H]1[C@]1(C)CO1. The summed E-state index contributed by atoms with van der Waals surface area (Å²) < 4.78 is 16.3. The lowest BCUT2D eigenvalue weighted by molar-refractivity contribution is -0.171. The van der Waals surface area contributed by atoms with Gasteiger partial charge in [0.15, 0.2) is 0 Å². The largest absolute Gasteiger partial charge is 0.443 e. The van der Waals surface area contributed by atoms with Gasteiger partial charge in [-0.1, -0.05) is 32.4 Å². The monoisotopic (exact) mass is 449 g/mol. The minimum atomic E-state index is -0.978. The molecule has 7 nitrogen and oxygen atoms in total. The summed E-state index contributed by atoms with van der Waals surface area (Å²) in [4.78, 5) is 22.8. The lowest BCUT2D eigenvalue weighted by Gasteiger charge is -2.47. The van der Waals surface area contributed by atoms with Gasteiger partial charge in [-0.15, -0.1) is 11.6 Å². The third-order valence-corrected chi connectivity index (χ3v) is 5.31. The normalized spacial score (nSPS) is 31.7. The van der Waals surface area contributed by atoms with Crippen LogP contribution in [0, 0.1) is 5.92 Å². The number of hydrogen-bond donors (Lipinski definition) is 2. The average Bonchev–Trinajstić information content (AvgIpc) is 3.42. The zero-order valence-electron chi connectivity index (χ0n) is 19.7. The zero-order chi connectivity index (χ0) is 23.5. The highest BCUT2D eigenvalue weighted by molar-refractivity contribution is 6.28. The van der Waals surface area contributed by atoms with Gasteiger partial charge < -0.3 is 19.3 Å². The Bertz CT molecular complexity index is 570. The Morgan fingerprint density at radius 3 is 2.23 bits per heavy atom. The molecule has 0 radical (unpaired) electrons. The molecule has 1 saturated carbocycles. The van der Waals surface area contributed by atoms with Gasteiger partial charge in [-0.25, -0.2) is 4.79 Å². The molecule has 0 aromatic heterocycles. The van der Waals surface area contributed by atoms with Crippen molar-refractivity contribution in [3.05, 3.63) is 11.6 Å². The number of ether oxygens (including phenoxy) is 3. The first-order valence-electron chi connectivity index (χ1n) is 10.6. The lowest BCUT2D eigenvalue weighted by Crippen LogP contribution is -2.59. The third kappa shape index (κ3) is 8.92. The Morgan fingerprint density at radius 1 is 1.30 bits per heavy atom. The number of nitrogens with one attached hydrogen (secondary N) is 1. The van der Waals surface area contributed by atoms with Gasteiger partial charge in [0.1, 0.15) is 18.1 Å². The molecule has 1 aliphatic carbocycles. The molecule has 8 heteroatoms. The molecule has 0 aromatic carbocycles. The van der Waals surface area contributed by atoms with E-state index in [2.05, 4.69) is 26.8 Å². The Labute approximate surface area is 186 Å². The van der Waals surface area contributed by atoms with E-state index in [-0.39, 0.29) is 11.8 Å². The molecule has 0 unspecified atom stereocenters. The van der Waals surface area contributed by atoms with Crippen molar-refractivity contribution < 1.29 is 28.9 Å². The number of hydrogen-bond acceptors (Lipinski definition) is 6. The van der Waals surface area contributed by atoms with E-state index in [0.717, 1.165) is 0 Å². The van der Waals surface area contributed by atoms with Crippen LogP contribution >= 0.6 is 11.6 Å². The van der Waals surface area contributed by atoms with Crippen molar-refractivity contribution in [2.24, 2.45) is 5.92 Å². The Balaban J connectivity index is 0.000000905. The molecule has 5 atom stereocenters. The number of alkyl carbamates (subject to hydrolysis) is 1.